The summed E-state index contributed by atoms with van der Waals surface area (Å²) in [7, 11) is 0. The van der Waals surface area contributed by atoms with Crippen molar-refractivity contribution in [2.24, 2.45) is 0 Å². The molecule has 0 saturated heterocycles. The zero-order chi connectivity index (χ0) is 12.1. The third-order valence-corrected chi connectivity index (χ3v) is 3.55. The summed E-state index contributed by atoms with van der Waals surface area (Å²) in [5.74, 6) is 0. The van der Waals surface area contributed by atoms with Crippen LogP contribution in [0.3, 0.4) is 0 Å². The van der Waals surface area contributed by atoms with Crippen LogP contribution in [0.1, 0.15) is 11.1 Å². The number of fused-ring (bicyclic) bond motifs is 4. The van der Waals surface area contributed by atoms with Gasteiger partial charge in [0.15, 0.2) is 5.65 Å². The van der Waals surface area contributed by atoms with Crippen LogP contribution in [0, 0.1) is 0 Å². The molecule has 0 atom stereocenters. The van der Waals surface area contributed by atoms with E-state index in [1.54, 1.807) is 10.9 Å². The lowest BCUT2D eigenvalue weighted by Crippen LogP contribution is -2.28. The molecule has 0 fully saturated rings. The predicted molar refractivity (Wildman–Crippen MR) is 68.6 cm³/mol. The van der Waals surface area contributed by atoms with Gasteiger partial charge in [-0.05, 0) is 23.3 Å². The highest BCUT2D eigenvalue weighted by molar-refractivity contribution is 5.74. The third-order valence-electron chi connectivity index (χ3n) is 3.55. The van der Waals surface area contributed by atoms with Gasteiger partial charge in [0.05, 0.1) is 18.5 Å². The number of nitrogens with zero attached hydrogens (tertiary/aromatic N) is 3. The minimum absolute atomic E-state index is 0.0487. The Morgan fingerprint density at radius 2 is 1.67 bits per heavy atom. The smallest absolute Gasteiger partial charge is 0.267 e. The highest BCUT2D eigenvalue weighted by atomic mass is 16.1. The molecule has 4 nitrogen and oxygen atoms in total. The normalized spacial score (nSPS) is 13.3. The van der Waals surface area contributed by atoms with E-state index in [-0.39, 0.29) is 5.56 Å². The first-order chi connectivity index (χ1) is 8.84. The first-order valence-electron chi connectivity index (χ1n) is 5.96. The molecule has 0 radical (unpaired) electrons. The number of hydrogen-bond donors (Lipinski definition) is 0. The van der Waals surface area contributed by atoms with E-state index >= 15 is 0 Å². The van der Waals surface area contributed by atoms with E-state index in [4.69, 9.17) is 0 Å². The molecule has 1 aromatic carbocycles. The van der Waals surface area contributed by atoms with Crippen LogP contribution in [0.15, 0.2) is 47.4 Å². The highest BCUT2D eigenvalue weighted by Crippen LogP contribution is 2.20. The van der Waals surface area contributed by atoms with Crippen molar-refractivity contribution in [1.82, 2.24) is 14.3 Å². The van der Waals surface area contributed by atoms with Crippen LogP contribution in [0.4, 0.5) is 0 Å². The maximum Gasteiger partial charge on any atom is 0.276 e. The fraction of sp³-hybridized carbons (Fsp3) is 0.143. The summed E-state index contributed by atoms with van der Waals surface area (Å²) in [6, 6.07) is 11.9. The Balaban J connectivity index is 2.05. The number of rotatable bonds is 0. The SMILES string of the molecule is O=c1c2cccnc2n2n1Cc1ccccc1C2. The van der Waals surface area contributed by atoms with Crippen LogP contribution >= 0.6 is 0 Å². The molecule has 0 spiro atoms. The lowest BCUT2D eigenvalue weighted by molar-refractivity contribution is 0.482. The van der Waals surface area contributed by atoms with Gasteiger partial charge < -0.3 is 0 Å². The molecule has 0 N–H and O–H groups in total. The van der Waals surface area contributed by atoms with E-state index in [1.807, 2.05) is 28.9 Å². The summed E-state index contributed by atoms with van der Waals surface area (Å²) in [6.07, 6.45) is 1.73. The van der Waals surface area contributed by atoms with E-state index in [0.717, 1.165) is 5.65 Å². The fourth-order valence-electron chi connectivity index (χ4n) is 2.64. The summed E-state index contributed by atoms with van der Waals surface area (Å²) in [4.78, 5) is 16.6. The van der Waals surface area contributed by atoms with Crippen molar-refractivity contribution in [3.05, 3.63) is 64.1 Å². The molecule has 0 amide bonds. The number of hydrogen-bond acceptors (Lipinski definition) is 2. The molecular weight excluding hydrogens is 226 g/mol. The number of aromatic nitrogens is 3. The minimum atomic E-state index is 0.0487. The van der Waals surface area contributed by atoms with Crippen molar-refractivity contribution in [1.29, 1.82) is 0 Å². The molecule has 18 heavy (non-hydrogen) atoms. The summed E-state index contributed by atoms with van der Waals surface area (Å²) < 4.78 is 3.75. The van der Waals surface area contributed by atoms with Crippen LogP contribution in [0.5, 0.6) is 0 Å². The maximum absolute atomic E-state index is 12.3. The summed E-state index contributed by atoms with van der Waals surface area (Å²) >= 11 is 0. The highest BCUT2D eigenvalue weighted by Gasteiger charge is 2.19. The van der Waals surface area contributed by atoms with Gasteiger partial charge in [-0.25, -0.2) is 9.67 Å². The van der Waals surface area contributed by atoms with Gasteiger partial charge in [-0.15, -0.1) is 0 Å². The van der Waals surface area contributed by atoms with Gasteiger partial charge in [0.2, 0.25) is 0 Å². The van der Waals surface area contributed by atoms with Crippen LogP contribution in [0.25, 0.3) is 11.0 Å². The van der Waals surface area contributed by atoms with E-state index < -0.39 is 0 Å². The topological polar surface area (TPSA) is 39.8 Å². The average Bonchev–Trinajstić information content (AvgIpc) is 2.71. The molecule has 4 heteroatoms. The Hall–Kier alpha value is -2.36. The molecule has 88 valence electrons. The van der Waals surface area contributed by atoms with E-state index in [2.05, 4.69) is 17.1 Å². The Kier molecular flexibility index (Phi) is 1.78. The van der Waals surface area contributed by atoms with Gasteiger partial charge in [0, 0.05) is 6.20 Å². The van der Waals surface area contributed by atoms with Gasteiger partial charge in [-0.3, -0.25) is 9.48 Å². The summed E-state index contributed by atoms with van der Waals surface area (Å²) in [5.41, 5.74) is 3.31. The van der Waals surface area contributed by atoms with Gasteiger partial charge in [-0.1, -0.05) is 24.3 Å². The van der Waals surface area contributed by atoms with Gasteiger partial charge in [0.1, 0.15) is 0 Å². The molecule has 1 aliphatic rings. The second-order valence-corrected chi connectivity index (χ2v) is 4.56. The van der Waals surface area contributed by atoms with E-state index in [1.165, 1.54) is 11.1 Å². The zero-order valence-corrected chi connectivity index (χ0v) is 9.71. The van der Waals surface area contributed by atoms with Crippen molar-refractivity contribution < 1.29 is 0 Å². The molecule has 0 saturated carbocycles. The molecule has 0 bridgehead atoms. The maximum atomic E-state index is 12.3. The second kappa shape index (κ2) is 3.32. The Bertz CT molecular complexity index is 813. The zero-order valence-electron chi connectivity index (χ0n) is 9.71. The minimum Gasteiger partial charge on any atom is -0.267 e. The van der Waals surface area contributed by atoms with Crippen molar-refractivity contribution >= 4 is 11.0 Å². The molecule has 4 rings (SSSR count). The average molecular weight is 237 g/mol. The molecular formula is C14H11N3O. The third kappa shape index (κ3) is 1.14. The van der Waals surface area contributed by atoms with Crippen molar-refractivity contribution in [3.8, 4) is 0 Å². The quantitative estimate of drug-likeness (QED) is 0.466. The lowest BCUT2D eigenvalue weighted by atomic mass is 10.1. The van der Waals surface area contributed by atoms with E-state index in [0.29, 0.717) is 18.5 Å². The number of benzene rings is 1. The molecule has 0 unspecified atom stereocenters. The van der Waals surface area contributed by atoms with Crippen molar-refractivity contribution in [2.75, 3.05) is 0 Å². The lowest BCUT2D eigenvalue weighted by Gasteiger charge is -2.20. The van der Waals surface area contributed by atoms with Gasteiger partial charge in [-0.2, -0.15) is 0 Å². The summed E-state index contributed by atoms with van der Waals surface area (Å²) in [5, 5.41) is 0.699. The molecule has 2 aromatic heterocycles. The van der Waals surface area contributed by atoms with Crippen molar-refractivity contribution in [2.45, 2.75) is 13.1 Å². The molecule has 3 aromatic rings. The van der Waals surface area contributed by atoms with Gasteiger partial charge >= 0.3 is 0 Å². The second-order valence-electron chi connectivity index (χ2n) is 4.56. The van der Waals surface area contributed by atoms with Crippen molar-refractivity contribution in [3.63, 3.8) is 0 Å². The fourth-order valence-corrected chi connectivity index (χ4v) is 2.64. The molecule has 1 aliphatic heterocycles. The molecule has 0 aliphatic carbocycles. The van der Waals surface area contributed by atoms with Crippen LogP contribution in [0.2, 0.25) is 0 Å². The van der Waals surface area contributed by atoms with Crippen LogP contribution in [-0.4, -0.2) is 14.3 Å². The Morgan fingerprint density at radius 1 is 0.944 bits per heavy atom. The largest absolute Gasteiger partial charge is 0.276 e. The van der Waals surface area contributed by atoms with E-state index in [9.17, 15) is 4.79 Å². The molecule has 3 heterocycles. The van der Waals surface area contributed by atoms with Crippen LogP contribution < -0.4 is 5.56 Å². The Morgan fingerprint density at radius 3 is 2.44 bits per heavy atom. The summed E-state index contributed by atoms with van der Waals surface area (Å²) in [6.45, 7) is 1.34. The van der Waals surface area contributed by atoms with Crippen LogP contribution in [-0.2, 0) is 13.1 Å². The number of pyridine rings is 1. The first-order valence-corrected chi connectivity index (χ1v) is 5.96. The Labute approximate surface area is 103 Å². The standard InChI is InChI=1S/C14H11N3O/c18-14-12-6-3-7-15-13(12)16-8-10-4-1-2-5-11(10)9-17(14)16/h1-7H,8-9H2. The monoisotopic (exact) mass is 237 g/mol. The predicted octanol–water partition coefficient (Wildman–Crippen LogP) is 1.61. The first kappa shape index (κ1) is 9.65. The van der Waals surface area contributed by atoms with Gasteiger partial charge in [0.25, 0.3) is 5.56 Å².